The van der Waals surface area contributed by atoms with Gasteiger partial charge >= 0.3 is 0 Å². The minimum Gasteiger partial charge on any atom is -0.505 e. The van der Waals surface area contributed by atoms with Crippen LogP contribution in [-0.4, -0.2) is 92.2 Å². The number of H-pyrrole nitrogens is 2. The van der Waals surface area contributed by atoms with E-state index in [2.05, 4.69) is 25.0 Å². The number of imidazole rings is 1. The Morgan fingerprint density at radius 2 is 2.03 bits per heavy atom. The van der Waals surface area contributed by atoms with Crippen LogP contribution in [0, 0.1) is 5.82 Å². The third-order valence-electron chi connectivity index (χ3n) is 8.03. The number of rotatable bonds is 5. The summed E-state index contributed by atoms with van der Waals surface area (Å²) in [7, 11) is 6.08. The van der Waals surface area contributed by atoms with Crippen LogP contribution in [0.1, 0.15) is 23.9 Å². The standard InChI is InChI=1S/C28H32FN7O2/c1-5-15-9-25(37)20(29)10-19(15)16-6-7-18-21(8-16)32-33-26(18)27-30-22-11-24(35(4)14-23(22)31-27)28(38)36-12-17(13-36)34(2)3/h6-10,17,24,37H,5,11-14H2,1-4H3,(H,30,31)(H,32,33). The minimum absolute atomic E-state index is 0.163. The third-order valence-corrected chi connectivity index (χ3v) is 8.03. The molecule has 2 aromatic heterocycles. The third kappa shape index (κ3) is 4.04. The fraction of sp³-hybridized carbons (Fsp3) is 0.393. The number of amides is 1. The monoisotopic (exact) mass is 517 g/mol. The van der Waals surface area contributed by atoms with Gasteiger partial charge in [-0.15, -0.1) is 0 Å². The molecule has 2 aliphatic heterocycles. The number of aryl methyl sites for hydroxylation is 1. The van der Waals surface area contributed by atoms with Crippen LogP contribution in [0.3, 0.4) is 0 Å². The SMILES string of the molecule is CCc1cc(O)c(F)cc1-c1ccc2c(-c3nc4c([nH]3)CN(C)C(C(=O)N3CC(N(C)C)C3)C4)n[nH]c2c1. The fourth-order valence-electron chi connectivity index (χ4n) is 5.54. The van der Waals surface area contributed by atoms with Gasteiger partial charge in [-0.05, 0) is 68.5 Å². The van der Waals surface area contributed by atoms with Gasteiger partial charge in [-0.1, -0.05) is 13.0 Å². The Morgan fingerprint density at radius 3 is 2.76 bits per heavy atom. The zero-order chi connectivity index (χ0) is 26.7. The highest BCUT2D eigenvalue weighted by Gasteiger charge is 2.39. The Labute approximate surface area is 220 Å². The van der Waals surface area contributed by atoms with Crippen LogP contribution in [0.2, 0.25) is 0 Å². The quantitative estimate of drug-likeness (QED) is 0.376. The number of aromatic hydroxyl groups is 1. The average Bonchev–Trinajstić information content (AvgIpc) is 3.46. The largest absolute Gasteiger partial charge is 0.505 e. The number of halogens is 1. The molecule has 0 bridgehead atoms. The van der Waals surface area contributed by atoms with Gasteiger partial charge < -0.3 is 19.9 Å². The summed E-state index contributed by atoms with van der Waals surface area (Å²) in [5.74, 6) is -0.153. The molecule has 1 atom stereocenters. The Hall–Kier alpha value is -3.76. The van der Waals surface area contributed by atoms with Gasteiger partial charge in [-0.3, -0.25) is 14.8 Å². The number of likely N-dealkylation sites (tertiary alicyclic amines) is 1. The van der Waals surface area contributed by atoms with E-state index in [0.717, 1.165) is 52.1 Å². The van der Waals surface area contributed by atoms with E-state index >= 15 is 0 Å². The van der Waals surface area contributed by atoms with Crippen LogP contribution < -0.4 is 0 Å². The summed E-state index contributed by atoms with van der Waals surface area (Å²) in [6.07, 6.45) is 1.22. The smallest absolute Gasteiger partial charge is 0.240 e. The molecule has 1 fully saturated rings. The maximum Gasteiger partial charge on any atom is 0.240 e. The van der Waals surface area contributed by atoms with Crippen molar-refractivity contribution in [3.8, 4) is 28.4 Å². The molecule has 0 aliphatic carbocycles. The highest BCUT2D eigenvalue weighted by molar-refractivity contribution is 5.94. The van der Waals surface area contributed by atoms with E-state index in [4.69, 9.17) is 4.98 Å². The van der Waals surface area contributed by atoms with E-state index in [1.807, 2.05) is 51.2 Å². The lowest BCUT2D eigenvalue weighted by Crippen LogP contribution is -2.63. The van der Waals surface area contributed by atoms with E-state index in [1.54, 1.807) is 0 Å². The molecule has 2 aromatic carbocycles. The van der Waals surface area contributed by atoms with Gasteiger partial charge in [0.2, 0.25) is 5.91 Å². The van der Waals surface area contributed by atoms with Gasteiger partial charge in [0.05, 0.1) is 22.9 Å². The number of benzene rings is 2. The Bertz CT molecular complexity index is 1540. The van der Waals surface area contributed by atoms with Crippen molar-refractivity contribution < 1.29 is 14.3 Å². The first-order chi connectivity index (χ1) is 18.2. The molecule has 2 aliphatic rings. The highest BCUT2D eigenvalue weighted by atomic mass is 19.1. The normalized spacial score (nSPS) is 18.3. The molecule has 198 valence electrons. The fourth-order valence-corrected chi connectivity index (χ4v) is 5.54. The first-order valence-electron chi connectivity index (χ1n) is 13.0. The summed E-state index contributed by atoms with van der Waals surface area (Å²) in [6.45, 7) is 4.13. The summed E-state index contributed by atoms with van der Waals surface area (Å²) in [5, 5.41) is 18.3. The van der Waals surface area contributed by atoms with E-state index in [0.29, 0.717) is 36.9 Å². The number of carbonyl (C=O) groups excluding carboxylic acids is 1. The van der Waals surface area contributed by atoms with Crippen LogP contribution in [0.25, 0.3) is 33.5 Å². The van der Waals surface area contributed by atoms with Crippen molar-refractivity contribution in [3.05, 3.63) is 53.1 Å². The number of nitrogens with zero attached hydrogens (tertiary/aromatic N) is 5. The predicted octanol–water partition coefficient (Wildman–Crippen LogP) is 3.16. The maximum atomic E-state index is 14.1. The molecular formula is C28H32FN7O2. The Kier molecular flexibility index (Phi) is 5.96. The number of hydrogen-bond donors (Lipinski definition) is 3. The number of fused-ring (bicyclic) bond motifs is 2. The minimum atomic E-state index is -0.642. The van der Waals surface area contributed by atoms with E-state index in [1.165, 1.54) is 12.1 Å². The lowest BCUT2D eigenvalue weighted by atomic mass is 9.96. The summed E-state index contributed by atoms with van der Waals surface area (Å²) in [6, 6.07) is 8.90. The predicted molar refractivity (Wildman–Crippen MR) is 143 cm³/mol. The summed E-state index contributed by atoms with van der Waals surface area (Å²) >= 11 is 0. The number of hydrogen-bond acceptors (Lipinski definition) is 6. The molecule has 1 amide bonds. The molecule has 3 N–H and O–H groups in total. The number of phenols is 1. The van der Waals surface area contributed by atoms with E-state index in [9.17, 15) is 14.3 Å². The molecular weight excluding hydrogens is 485 g/mol. The van der Waals surface area contributed by atoms with Crippen molar-refractivity contribution >= 4 is 16.8 Å². The van der Waals surface area contributed by atoms with Gasteiger partial charge in [0, 0.05) is 37.5 Å². The molecule has 10 heteroatoms. The van der Waals surface area contributed by atoms with Gasteiger partial charge in [0.15, 0.2) is 17.4 Å². The summed E-state index contributed by atoms with van der Waals surface area (Å²) in [5.41, 5.74) is 5.86. The van der Waals surface area contributed by atoms with Crippen molar-refractivity contribution in [1.29, 1.82) is 0 Å². The van der Waals surface area contributed by atoms with Crippen molar-refractivity contribution in [3.63, 3.8) is 0 Å². The van der Waals surface area contributed by atoms with Crippen LogP contribution >= 0.6 is 0 Å². The van der Waals surface area contributed by atoms with Crippen molar-refractivity contribution in [2.24, 2.45) is 0 Å². The molecule has 0 radical (unpaired) electrons. The molecule has 0 spiro atoms. The Balaban J connectivity index is 1.26. The number of likely N-dealkylation sites (N-methyl/N-ethyl adjacent to an activating group) is 2. The van der Waals surface area contributed by atoms with Crippen LogP contribution in [-0.2, 0) is 24.2 Å². The zero-order valence-electron chi connectivity index (χ0n) is 22.0. The molecule has 0 saturated carbocycles. The first kappa shape index (κ1) is 24.6. The number of aromatic nitrogens is 4. The first-order valence-corrected chi connectivity index (χ1v) is 13.0. The van der Waals surface area contributed by atoms with E-state index in [-0.39, 0.29) is 17.7 Å². The summed E-state index contributed by atoms with van der Waals surface area (Å²) in [4.78, 5) is 27.7. The summed E-state index contributed by atoms with van der Waals surface area (Å²) < 4.78 is 14.1. The van der Waals surface area contributed by atoms with Crippen molar-refractivity contribution in [1.82, 2.24) is 34.9 Å². The highest BCUT2D eigenvalue weighted by Crippen LogP contribution is 2.34. The van der Waals surface area contributed by atoms with E-state index < -0.39 is 5.82 Å². The molecule has 4 heterocycles. The molecule has 1 saturated heterocycles. The van der Waals surface area contributed by atoms with Crippen LogP contribution in [0.5, 0.6) is 5.75 Å². The Morgan fingerprint density at radius 1 is 1.24 bits per heavy atom. The van der Waals surface area contributed by atoms with Gasteiger partial charge in [0.25, 0.3) is 0 Å². The van der Waals surface area contributed by atoms with Crippen molar-refractivity contribution in [2.75, 3.05) is 34.2 Å². The lowest BCUT2D eigenvalue weighted by molar-refractivity contribution is -0.144. The van der Waals surface area contributed by atoms with Gasteiger partial charge in [0.1, 0.15) is 5.69 Å². The van der Waals surface area contributed by atoms with Crippen molar-refractivity contribution in [2.45, 2.75) is 38.4 Å². The molecule has 6 rings (SSSR count). The second-order valence-electron chi connectivity index (χ2n) is 10.7. The van der Waals surface area contributed by atoms with Crippen LogP contribution in [0.15, 0.2) is 30.3 Å². The topological polar surface area (TPSA) is 104 Å². The number of aromatic amines is 2. The average molecular weight is 518 g/mol. The molecule has 4 aromatic rings. The molecule has 9 nitrogen and oxygen atoms in total. The number of nitrogens with one attached hydrogen (secondary N) is 2. The number of phenolic OH excluding ortho intramolecular Hbond substituents is 1. The van der Waals surface area contributed by atoms with Gasteiger partial charge in [-0.25, -0.2) is 9.37 Å². The zero-order valence-corrected chi connectivity index (χ0v) is 22.0. The molecule has 1 unspecified atom stereocenters. The lowest BCUT2D eigenvalue weighted by Gasteiger charge is -2.45. The second kappa shape index (κ2) is 9.21. The van der Waals surface area contributed by atoms with Crippen LogP contribution in [0.4, 0.5) is 4.39 Å². The molecule has 38 heavy (non-hydrogen) atoms. The second-order valence-corrected chi connectivity index (χ2v) is 10.7. The number of carbonyl (C=O) groups is 1. The maximum absolute atomic E-state index is 14.1. The van der Waals surface area contributed by atoms with Gasteiger partial charge in [-0.2, -0.15) is 5.10 Å².